The summed E-state index contributed by atoms with van der Waals surface area (Å²) in [6.07, 6.45) is 5.04. The Morgan fingerprint density at radius 2 is 2.06 bits per heavy atom. The molecule has 6 rings (SSSR count). The minimum absolute atomic E-state index is 0.0419. The molecule has 1 aliphatic heterocycles. The molecule has 0 saturated heterocycles. The minimum atomic E-state index is -0.843. The maximum atomic E-state index is 11.8. The molecular weight excluding hydrogens is 410 g/mol. The quantitative estimate of drug-likeness (QED) is 0.422. The van der Waals surface area contributed by atoms with Crippen LogP contribution in [0.3, 0.4) is 0 Å². The second-order valence-electron chi connectivity index (χ2n) is 9.00. The van der Waals surface area contributed by atoms with E-state index in [2.05, 4.69) is 36.1 Å². The Hall–Kier alpha value is -3.84. The molecule has 4 aromatic rings. The molecule has 2 heterocycles. The average molecular weight is 434 g/mol. The molecule has 1 aliphatic carbocycles. The molecule has 0 amide bonds. The van der Waals surface area contributed by atoms with Gasteiger partial charge in [0.1, 0.15) is 5.75 Å². The van der Waals surface area contributed by atoms with Crippen LogP contribution >= 0.6 is 0 Å². The molecule has 0 radical (unpaired) electrons. The number of benzene rings is 3. The van der Waals surface area contributed by atoms with Crippen LogP contribution in [0.1, 0.15) is 35.1 Å². The molecule has 4 heteroatoms. The van der Waals surface area contributed by atoms with Crippen LogP contribution in [0.2, 0.25) is 0 Å². The van der Waals surface area contributed by atoms with Crippen molar-refractivity contribution in [3.63, 3.8) is 0 Å². The average Bonchev–Trinajstić information content (AvgIpc) is 3.64. The van der Waals surface area contributed by atoms with E-state index in [-0.39, 0.29) is 6.42 Å². The van der Waals surface area contributed by atoms with Crippen molar-refractivity contribution in [2.24, 2.45) is 5.92 Å². The number of aliphatic carboxylic acids is 1. The van der Waals surface area contributed by atoms with Crippen molar-refractivity contribution in [2.75, 3.05) is 6.61 Å². The molecular formula is C29H23NO3. The third kappa shape index (κ3) is 3.50. The van der Waals surface area contributed by atoms with Gasteiger partial charge in [0.05, 0.1) is 18.5 Å². The Kier molecular flexibility index (Phi) is 4.58. The van der Waals surface area contributed by atoms with Gasteiger partial charge in [-0.15, -0.1) is 0 Å². The van der Waals surface area contributed by atoms with Crippen molar-refractivity contribution in [1.82, 2.24) is 4.98 Å². The van der Waals surface area contributed by atoms with Crippen LogP contribution in [0.15, 0.2) is 48.7 Å². The van der Waals surface area contributed by atoms with Gasteiger partial charge in [0.25, 0.3) is 0 Å². The molecule has 1 N–H and O–H groups in total. The molecule has 1 aromatic heterocycles. The maximum Gasteiger partial charge on any atom is 0.307 e. The zero-order chi connectivity index (χ0) is 22.5. The van der Waals surface area contributed by atoms with Crippen molar-refractivity contribution < 1.29 is 14.6 Å². The number of rotatable bonds is 3. The molecule has 0 atom stereocenters. The van der Waals surface area contributed by atoms with Gasteiger partial charge in [-0.25, -0.2) is 0 Å². The first-order valence-electron chi connectivity index (χ1n) is 11.4. The molecule has 33 heavy (non-hydrogen) atoms. The summed E-state index contributed by atoms with van der Waals surface area (Å²) in [5, 5.41) is 12.8. The monoisotopic (exact) mass is 433 g/mol. The Labute approximate surface area is 192 Å². The van der Waals surface area contributed by atoms with Crippen molar-refractivity contribution in [3.8, 4) is 28.7 Å². The number of carbonyl (C=O) groups is 1. The standard InChI is InChI=1S/C29H23NO3/c1-17-14-21-15-19(5-4-18-2-3-18)6-7-22(21)28(24(17)16-26(31)32)23-8-9-25-27-20(11-13-33-25)10-12-30-29(23)27/h6-10,12,14-15,18H,2-3,11,13,16H2,1H3,(H,31,32). The van der Waals surface area contributed by atoms with Gasteiger partial charge in [-0.2, -0.15) is 0 Å². The van der Waals surface area contributed by atoms with E-state index >= 15 is 0 Å². The van der Waals surface area contributed by atoms with Gasteiger partial charge in [-0.05, 0) is 83.1 Å². The summed E-state index contributed by atoms with van der Waals surface area (Å²) in [6.45, 7) is 2.65. The van der Waals surface area contributed by atoms with Crippen LogP contribution in [0.25, 0.3) is 32.8 Å². The second kappa shape index (κ2) is 7.64. The summed E-state index contributed by atoms with van der Waals surface area (Å²) in [5.41, 5.74) is 6.75. The van der Waals surface area contributed by atoms with Crippen molar-refractivity contribution in [1.29, 1.82) is 0 Å². The van der Waals surface area contributed by atoms with Crippen LogP contribution < -0.4 is 4.74 Å². The number of fused-ring (bicyclic) bond motifs is 1. The predicted octanol–water partition coefficient (Wildman–Crippen LogP) is 5.69. The van der Waals surface area contributed by atoms with Gasteiger partial charge in [-0.3, -0.25) is 9.78 Å². The van der Waals surface area contributed by atoms with Crippen LogP contribution in [0, 0.1) is 24.7 Å². The molecule has 0 unspecified atom stereocenters. The molecule has 1 saturated carbocycles. The zero-order valence-corrected chi connectivity index (χ0v) is 18.4. The summed E-state index contributed by atoms with van der Waals surface area (Å²) in [5.74, 6) is 7.19. The summed E-state index contributed by atoms with van der Waals surface area (Å²) < 4.78 is 5.91. The first kappa shape index (κ1) is 19.8. The largest absolute Gasteiger partial charge is 0.493 e. The predicted molar refractivity (Wildman–Crippen MR) is 130 cm³/mol. The lowest BCUT2D eigenvalue weighted by Gasteiger charge is -2.21. The number of ether oxygens (including phenoxy) is 1. The second-order valence-corrected chi connectivity index (χ2v) is 9.00. The van der Waals surface area contributed by atoms with Gasteiger partial charge in [0, 0.05) is 35.0 Å². The molecule has 1 fully saturated rings. The van der Waals surface area contributed by atoms with Crippen LogP contribution in [-0.2, 0) is 17.6 Å². The van der Waals surface area contributed by atoms with E-state index in [1.807, 2.05) is 31.3 Å². The minimum Gasteiger partial charge on any atom is -0.493 e. The number of nitrogens with zero attached hydrogens (tertiary/aromatic N) is 1. The van der Waals surface area contributed by atoms with E-state index in [1.54, 1.807) is 0 Å². The van der Waals surface area contributed by atoms with Crippen molar-refractivity contribution >= 4 is 27.6 Å². The van der Waals surface area contributed by atoms with Crippen LogP contribution in [0.4, 0.5) is 0 Å². The van der Waals surface area contributed by atoms with E-state index in [1.165, 1.54) is 18.4 Å². The third-order valence-electron chi connectivity index (χ3n) is 6.64. The Morgan fingerprint density at radius 3 is 2.88 bits per heavy atom. The van der Waals surface area contributed by atoms with Gasteiger partial charge in [0.15, 0.2) is 0 Å². The van der Waals surface area contributed by atoms with E-state index in [0.29, 0.717) is 12.5 Å². The Balaban J connectivity index is 1.65. The lowest BCUT2D eigenvalue weighted by Crippen LogP contribution is -2.10. The first-order chi connectivity index (χ1) is 16.1. The third-order valence-corrected chi connectivity index (χ3v) is 6.64. The number of carboxylic acid groups (broad SMARTS) is 1. The summed E-state index contributed by atoms with van der Waals surface area (Å²) in [6, 6.07) is 14.4. The smallest absolute Gasteiger partial charge is 0.307 e. The number of pyridine rings is 1. The van der Waals surface area contributed by atoms with Crippen LogP contribution in [0.5, 0.6) is 5.75 Å². The summed E-state index contributed by atoms with van der Waals surface area (Å²) >= 11 is 0. The van der Waals surface area contributed by atoms with E-state index in [0.717, 1.165) is 61.7 Å². The highest BCUT2D eigenvalue weighted by Crippen LogP contribution is 2.42. The lowest BCUT2D eigenvalue weighted by atomic mass is 9.86. The van der Waals surface area contributed by atoms with E-state index in [9.17, 15) is 9.90 Å². The SMILES string of the molecule is Cc1cc2cc(C#CC3CC3)ccc2c(-c2ccc3c4c(ccnc24)CCO3)c1CC(=O)O. The maximum absolute atomic E-state index is 11.8. The molecule has 2 aliphatic rings. The molecule has 0 bridgehead atoms. The van der Waals surface area contributed by atoms with Gasteiger partial charge >= 0.3 is 5.97 Å². The number of carboxylic acids is 1. The normalized spacial score (nSPS) is 14.6. The van der Waals surface area contributed by atoms with E-state index < -0.39 is 5.97 Å². The fourth-order valence-electron chi connectivity index (χ4n) is 4.87. The van der Waals surface area contributed by atoms with Crippen molar-refractivity contribution in [3.05, 3.63) is 70.9 Å². The van der Waals surface area contributed by atoms with Crippen molar-refractivity contribution in [2.45, 2.75) is 32.6 Å². The fraction of sp³-hybridized carbons (Fsp3) is 0.241. The molecule has 0 spiro atoms. The highest BCUT2D eigenvalue weighted by atomic mass is 16.5. The van der Waals surface area contributed by atoms with Gasteiger partial charge in [-0.1, -0.05) is 24.0 Å². The van der Waals surface area contributed by atoms with E-state index in [4.69, 9.17) is 9.72 Å². The number of hydrogen-bond donors (Lipinski definition) is 1. The molecule has 162 valence electrons. The number of aryl methyl sites for hydroxylation is 1. The first-order valence-corrected chi connectivity index (χ1v) is 11.4. The summed E-state index contributed by atoms with van der Waals surface area (Å²) in [7, 11) is 0. The highest BCUT2D eigenvalue weighted by Gasteiger charge is 2.22. The zero-order valence-electron chi connectivity index (χ0n) is 18.4. The number of aromatic nitrogens is 1. The van der Waals surface area contributed by atoms with Crippen LogP contribution in [-0.4, -0.2) is 22.7 Å². The number of hydrogen-bond acceptors (Lipinski definition) is 3. The molecule has 3 aromatic carbocycles. The van der Waals surface area contributed by atoms with Gasteiger partial charge in [0.2, 0.25) is 0 Å². The Bertz CT molecular complexity index is 1510. The molecule has 4 nitrogen and oxygen atoms in total. The van der Waals surface area contributed by atoms with Gasteiger partial charge < -0.3 is 9.84 Å². The summed E-state index contributed by atoms with van der Waals surface area (Å²) in [4.78, 5) is 16.6. The highest BCUT2D eigenvalue weighted by molar-refractivity contribution is 6.08. The fourth-order valence-corrected chi connectivity index (χ4v) is 4.87. The lowest BCUT2D eigenvalue weighted by molar-refractivity contribution is -0.136. The Morgan fingerprint density at radius 1 is 1.18 bits per heavy atom. The topological polar surface area (TPSA) is 59.4 Å².